The lowest BCUT2D eigenvalue weighted by atomic mass is 10.1. The van der Waals surface area contributed by atoms with E-state index >= 15 is 0 Å². The molecule has 132 valence electrons. The number of rotatable bonds is 3. The molecule has 0 bridgehead atoms. The average molecular weight is 385 g/mol. The standard InChI is InChI=1S/C16H14ClFN2O4S/c1-7(2)24-15(22)8-3-13(11(18)4-10(8)17)20-14(21)9-5-25-6-12(9)19-16(20)23/h3-4,7H,5-6H2,1-2H3,(H,19,23). The van der Waals surface area contributed by atoms with Crippen molar-refractivity contribution in [2.75, 3.05) is 0 Å². The molecular formula is C16H14ClFN2O4S. The summed E-state index contributed by atoms with van der Waals surface area (Å²) in [6.07, 6.45) is -0.403. The largest absolute Gasteiger partial charge is 0.459 e. The van der Waals surface area contributed by atoms with Crippen LogP contribution in [0.15, 0.2) is 21.7 Å². The van der Waals surface area contributed by atoms with E-state index in [1.165, 1.54) is 11.8 Å². The van der Waals surface area contributed by atoms with Gasteiger partial charge in [-0.2, -0.15) is 11.8 Å². The van der Waals surface area contributed by atoms with Crippen molar-refractivity contribution >= 4 is 29.3 Å². The second-order valence-corrected chi connectivity index (χ2v) is 7.15. The van der Waals surface area contributed by atoms with Gasteiger partial charge in [-0.3, -0.25) is 4.79 Å². The quantitative estimate of drug-likeness (QED) is 0.823. The zero-order chi connectivity index (χ0) is 18.3. The van der Waals surface area contributed by atoms with Crippen molar-refractivity contribution in [3.05, 3.63) is 60.6 Å². The average Bonchev–Trinajstić information content (AvgIpc) is 2.96. The number of fused-ring (bicyclic) bond motifs is 1. The summed E-state index contributed by atoms with van der Waals surface area (Å²) in [6.45, 7) is 3.31. The number of aromatic amines is 1. The fourth-order valence-electron chi connectivity index (χ4n) is 2.51. The van der Waals surface area contributed by atoms with Crippen LogP contribution >= 0.6 is 23.4 Å². The zero-order valence-corrected chi connectivity index (χ0v) is 15.0. The second kappa shape index (κ2) is 6.68. The van der Waals surface area contributed by atoms with Gasteiger partial charge in [0, 0.05) is 22.8 Å². The van der Waals surface area contributed by atoms with Gasteiger partial charge in [0.25, 0.3) is 5.56 Å². The number of nitrogens with zero attached hydrogens (tertiary/aromatic N) is 1. The Morgan fingerprint density at radius 1 is 1.36 bits per heavy atom. The molecule has 0 amide bonds. The summed E-state index contributed by atoms with van der Waals surface area (Å²) in [4.78, 5) is 39.6. The van der Waals surface area contributed by atoms with E-state index in [4.69, 9.17) is 16.3 Å². The molecule has 0 aliphatic carbocycles. The number of ether oxygens (including phenoxy) is 1. The summed E-state index contributed by atoms with van der Waals surface area (Å²) < 4.78 is 20.1. The van der Waals surface area contributed by atoms with Crippen molar-refractivity contribution < 1.29 is 13.9 Å². The number of carbonyl (C=O) groups excluding carboxylic acids is 1. The maximum Gasteiger partial charge on any atom is 0.339 e. The maximum absolute atomic E-state index is 14.4. The van der Waals surface area contributed by atoms with E-state index in [2.05, 4.69) is 4.98 Å². The summed E-state index contributed by atoms with van der Waals surface area (Å²) in [5.74, 6) is -0.690. The molecule has 25 heavy (non-hydrogen) atoms. The molecule has 1 aromatic heterocycles. The Hall–Kier alpha value is -2.06. The van der Waals surface area contributed by atoms with Gasteiger partial charge in [-0.05, 0) is 26.0 Å². The first-order chi connectivity index (χ1) is 11.8. The van der Waals surface area contributed by atoms with E-state index in [1.807, 2.05) is 0 Å². The Morgan fingerprint density at radius 3 is 2.76 bits per heavy atom. The van der Waals surface area contributed by atoms with Gasteiger partial charge in [0.05, 0.1) is 22.4 Å². The first kappa shape index (κ1) is 17.8. The van der Waals surface area contributed by atoms with Crippen molar-refractivity contribution in [2.24, 2.45) is 0 Å². The number of hydrogen-bond donors (Lipinski definition) is 1. The van der Waals surface area contributed by atoms with Crippen LogP contribution < -0.4 is 11.2 Å². The third-order valence-electron chi connectivity index (χ3n) is 3.62. The molecule has 0 radical (unpaired) electrons. The maximum atomic E-state index is 14.4. The number of esters is 1. The summed E-state index contributed by atoms with van der Waals surface area (Å²) in [6, 6.07) is 1.95. The summed E-state index contributed by atoms with van der Waals surface area (Å²) in [5.41, 5.74) is -0.863. The van der Waals surface area contributed by atoms with E-state index in [1.54, 1.807) is 13.8 Å². The van der Waals surface area contributed by atoms with Crippen molar-refractivity contribution in [1.82, 2.24) is 9.55 Å². The Labute approximate surface area is 151 Å². The van der Waals surface area contributed by atoms with Gasteiger partial charge in [0.2, 0.25) is 0 Å². The van der Waals surface area contributed by atoms with Crippen LogP contribution in [0.5, 0.6) is 0 Å². The molecule has 1 aromatic carbocycles. The number of thioether (sulfide) groups is 1. The van der Waals surface area contributed by atoms with Gasteiger partial charge >= 0.3 is 11.7 Å². The fraction of sp³-hybridized carbons (Fsp3) is 0.312. The van der Waals surface area contributed by atoms with Crippen molar-refractivity contribution in [3.63, 3.8) is 0 Å². The van der Waals surface area contributed by atoms with Crippen LogP contribution in [-0.4, -0.2) is 21.6 Å². The molecule has 0 saturated carbocycles. The lowest BCUT2D eigenvalue weighted by Crippen LogP contribution is -2.37. The molecule has 0 saturated heterocycles. The van der Waals surface area contributed by atoms with Crippen LogP contribution in [0.1, 0.15) is 35.5 Å². The normalized spacial score (nSPS) is 13.2. The third-order valence-corrected chi connectivity index (χ3v) is 4.92. The van der Waals surface area contributed by atoms with Crippen LogP contribution in [0, 0.1) is 5.82 Å². The Morgan fingerprint density at radius 2 is 2.08 bits per heavy atom. The molecule has 1 aliphatic rings. The van der Waals surface area contributed by atoms with Crippen LogP contribution in [0.4, 0.5) is 4.39 Å². The summed E-state index contributed by atoms with van der Waals surface area (Å²) in [5, 5.41) is -0.159. The first-order valence-electron chi connectivity index (χ1n) is 7.44. The Bertz CT molecular complexity index is 983. The molecule has 2 heterocycles. The molecule has 1 N–H and O–H groups in total. The number of carbonyl (C=O) groups is 1. The Kier molecular flexibility index (Phi) is 4.75. The molecule has 9 heteroatoms. The number of H-pyrrole nitrogens is 1. The molecule has 0 fully saturated rings. The lowest BCUT2D eigenvalue weighted by molar-refractivity contribution is 0.0378. The number of nitrogens with one attached hydrogen (secondary N) is 1. The van der Waals surface area contributed by atoms with Gasteiger partial charge < -0.3 is 9.72 Å². The number of hydrogen-bond acceptors (Lipinski definition) is 5. The van der Waals surface area contributed by atoms with Gasteiger partial charge in [-0.25, -0.2) is 18.5 Å². The highest BCUT2D eigenvalue weighted by Crippen LogP contribution is 2.26. The van der Waals surface area contributed by atoms with Crippen LogP contribution in [0.25, 0.3) is 5.69 Å². The monoisotopic (exact) mass is 384 g/mol. The summed E-state index contributed by atoms with van der Waals surface area (Å²) in [7, 11) is 0. The van der Waals surface area contributed by atoms with E-state index < -0.39 is 29.1 Å². The molecule has 0 unspecified atom stereocenters. The predicted octanol–water partition coefficient (Wildman–Crippen LogP) is 2.63. The molecule has 0 atom stereocenters. The van der Waals surface area contributed by atoms with Crippen LogP contribution in [0.2, 0.25) is 5.02 Å². The predicted molar refractivity (Wildman–Crippen MR) is 93.2 cm³/mol. The molecule has 6 nitrogen and oxygen atoms in total. The van der Waals surface area contributed by atoms with Crippen molar-refractivity contribution in [3.8, 4) is 5.69 Å². The second-order valence-electron chi connectivity index (χ2n) is 5.76. The highest BCUT2D eigenvalue weighted by Gasteiger charge is 2.23. The molecule has 1 aliphatic heterocycles. The molecular weight excluding hydrogens is 371 g/mol. The minimum atomic E-state index is -0.885. The highest BCUT2D eigenvalue weighted by atomic mass is 35.5. The number of benzene rings is 1. The number of aromatic nitrogens is 2. The van der Waals surface area contributed by atoms with Crippen molar-refractivity contribution in [1.29, 1.82) is 0 Å². The molecule has 0 spiro atoms. The van der Waals surface area contributed by atoms with E-state index in [0.29, 0.717) is 27.3 Å². The van der Waals surface area contributed by atoms with Crippen LogP contribution in [0.3, 0.4) is 0 Å². The molecule has 3 rings (SSSR count). The van der Waals surface area contributed by atoms with Gasteiger partial charge in [-0.15, -0.1) is 0 Å². The van der Waals surface area contributed by atoms with Gasteiger partial charge in [0.1, 0.15) is 5.82 Å². The van der Waals surface area contributed by atoms with E-state index in [-0.39, 0.29) is 16.3 Å². The summed E-state index contributed by atoms with van der Waals surface area (Å²) >= 11 is 7.40. The SMILES string of the molecule is CC(C)OC(=O)c1cc(-n2c(=O)[nH]c3c(c2=O)CSC3)c(F)cc1Cl. The van der Waals surface area contributed by atoms with Crippen LogP contribution in [-0.2, 0) is 16.2 Å². The molecule has 2 aromatic rings. The lowest BCUT2D eigenvalue weighted by Gasteiger charge is -2.13. The fourth-order valence-corrected chi connectivity index (χ4v) is 3.79. The van der Waals surface area contributed by atoms with Gasteiger partial charge in [0.15, 0.2) is 0 Å². The Balaban J connectivity index is 2.21. The zero-order valence-electron chi connectivity index (χ0n) is 13.4. The first-order valence-corrected chi connectivity index (χ1v) is 8.98. The van der Waals surface area contributed by atoms with E-state index in [0.717, 1.165) is 12.1 Å². The highest BCUT2D eigenvalue weighted by molar-refractivity contribution is 7.98. The van der Waals surface area contributed by atoms with Gasteiger partial charge in [-0.1, -0.05) is 11.6 Å². The van der Waals surface area contributed by atoms with E-state index in [9.17, 15) is 18.8 Å². The van der Waals surface area contributed by atoms with Crippen molar-refractivity contribution in [2.45, 2.75) is 31.5 Å². The third kappa shape index (κ3) is 3.23. The minimum Gasteiger partial charge on any atom is -0.459 e. The minimum absolute atomic E-state index is 0.118. The number of halogens is 2. The topological polar surface area (TPSA) is 81.2 Å². The smallest absolute Gasteiger partial charge is 0.339 e.